The van der Waals surface area contributed by atoms with Crippen molar-refractivity contribution in [2.45, 2.75) is 10.1 Å². The summed E-state index contributed by atoms with van der Waals surface area (Å²) in [6.07, 6.45) is 0. The van der Waals surface area contributed by atoms with Crippen molar-refractivity contribution < 1.29 is 4.74 Å². The summed E-state index contributed by atoms with van der Waals surface area (Å²) in [5, 5.41) is 15.7. The largest absolute Gasteiger partial charge is 0.497 e. The zero-order valence-electron chi connectivity index (χ0n) is 9.80. The molecule has 92 valence electrons. The highest BCUT2D eigenvalue weighted by molar-refractivity contribution is 7.99. The van der Waals surface area contributed by atoms with Crippen LogP contribution in [-0.2, 0) is 7.05 Å². The van der Waals surface area contributed by atoms with E-state index in [0.717, 1.165) is 0 Å². The molecule has 0 aliphatic rings. The van der Waals surface area contributed by atoms with Crippen LogP contribution in [0, 0.1) is 11.3 Å². The molecule has 0 amide bonds. The lowest BCUT2D eigenvalue weighted by Gasteiger charge is -2.05. The number of nitrogens with zero attached hydrogens (tertiary/aromatic N) is 3. The van der Waals surface area contributed by atoms with Gasteiger partial charge in [0, 0.05) is 11.9 Å². The summed E-state index contributed by atoms with van der Waals surface area (Å²) in [4.78, 5) is 11.9. The standard InChI is InChI=1S/C11H10N4O2S/c1-15-10(16)13-14-11(15)18-9-5-8(17-2)4-3-7(9)6-12/h3-5H,1-2H3,(H,13,16). The molecule has 18 heavy (non-hydrogen) atoms. The van der Waals surface area contributed by atoms with Gasteiger partial charge in [0.05, 0.1) is 12.7 Å². The molecule has 0 spiro atoms. The number of nitriles is 1. The van der Waals surface area contributed by atoms with Gasteiger partial charge < -0.3 is 4.74 Å². The number of H-pyrrole nitrogens is 1. The molecule has 1 N–H and O–H groups in total. The van der Waals surface area contributed by atoms with Crippen molar-refractivity contribution in [3.63, 3.8) is 0 Å². The molecule has 0 bridgehead atoms. The molecule has 1 aromatic heterocycles. The van der Waals surface area contributed by atoms with Crippen LogP contribution >= 0.6 is 11.8 Å². The number of rotatable bonds is 3. The van der Waals surface area contributed by atoms with Crippen LogP contribution in [0.3, 0.4) is 0 Å². The van der Waals surface area contributed by atoms with Gasteiger partial charge in [-0.2, -0.15) is 5.26 Å². The molecule has 0 saturated carbocycles. The fourth-order valence-electron chi connectivity index (χ4n) is 1.33. The number of aromatic amines is 1. The number of aromatic nitrogens is 3. The first-order valence-electron chi connectivity index (χ1n) is 5.03. The summed E-state index contributed by atoms with van der Waals surface area (Å²) < 4.78 is 6.49. The Morgan fingerprint density at radius 1 is 1.56 bits per heavy atom. The first-order valence-corrected chi connectivity index (χ1v) is 5.84. The Balaban J connectivity index is 2.42. The topological polar surface area (TPSA) is 83.7 Å². The second-order valence-electron chi connectivity index (χ2n) is 3.45. The fourth-order valence-corrected chi connectivity index (χ4v) is 2.24. The highest BCUT2D eigenvalue weighted by Gasteiger charge is 2.11. The minimum absolute atomic E-state index is 0.293. The van der Waals surface area contributed by atoms with Crippen LogP contribution in [0.25, 0.3) is 0 Å². The number of nitrogens with one attached hydrogen (secondary N) is 1. The molecule has 0 fully saturated rings. The monoisotopic (exact) mass is 262 g/mol. The van der Waals surface area contributed by atoms with E-state index in [0.29, 0.717) is 21.4 Å². The Kier molecular flexibility index (Phi) is 3.39. The number of hydrogen-bond acceptors (Lipinski definition) is 5. The molecule has 2 aromatic rings. The lowest BCUT2D eigenvalue weighted by molar-refractivity contribution is 0.413. The predicted octanol–water partition coefficient (Wildman–Crippen LogP) is 1.14. The third-order valence-corrected chi connectivity index (χ3v) is 3.45. The molecule has 1 aromatic carbocycles. The smallest absolute Gasteiger partial charge is 0.343 e. The lowest BCUT2D eigenvalue weighted by atomic mass is 10.2. The molecular formula is C11H10N4O2S. The van der Waals surface area contributed by atoms with Gasteiger partial charge in [0.15, 0.2) is 5.16 Å². The molecule has 1 heterocycles. The van der Waals surface area contributed by atoms with Crippen molar-refractivity contribution >= 4 is 11.8 Å². The first-order chi connectivity index (χ1) is 8.65. The summed E-state index contributed by atoms with van der Waals surface area (Å²) in [6.45, 7) is 0. The maximum atomic E-state index is 11.2. The Morgan fingerprint density at radius 3 is 2.89 bits per heavy atom. The molecular weight excluding hydrogens is 252 g/mol. The van der Waals surface area contributed by atoms with Crippen molar-refractivity contribution in [3.8, 4) is 11.8 Å². The third kappa shape index (κ3) is 2.24. The highest BCUT2D eigenvalue weighted by Crippen LogP contribution is 2.30. The molecule has 0 aliphatic heterocycles. The summed E-state index contributed by atoms with van der Waals surface area (Å²) in [7, 11) is 3.17. The third-order valence-electron chi connectivity index (χ3n) is 2.35. The van der Waals surface area contributed by atoms with Gasteiger partial charge in [0.25, 0.3) is 0 Å². The maximum Gasteiger partial charge on any atom is 0.343 e. The summed E-state index contributed by atoms with van der Waals surface area (Å²) in [6, 6.07) is 7.22. The van der Waals surface area contributed by atoms with E-state index in [1.54, 1.807) is 32.4 Å². The van der Waals surface area contributed by atoms with Gasteiger partial charge in [-0.15, -0.1) is 5.10 Å². The van der Waals surface area contributed by atoms with E-state index in [9.17, 15) is 4.79 Å². The van der Waals surface area contributed by atoms with Crippen molar-refractivity contribution in [2.75, 3.05) is 7.11 Å². The second kappa shape index (κ2) is 4.98. The van der Waals surface area contributed by atoms with Crippen LogP contribution in [0.1, 0.15) is 5.56 Å². The highest BCUT2D eigenvalue weighted by atomic mass is 32.2. The Labute approximate surface area is 107 Å². The van der Waals surface area contributed by atoms with Gasteiger partial charge in [0.2, 0.25) is 0 Å². The average Bonchev–Trinajstić information content (AvgIpc) is 2.70. The van der Waals surface area contributed by atoms with E-state index in [2.05, 4.69) is 16.3 Å². The number of methoxy groups -OCH3 is 1. The number of benzene rings is 1. The van der Waals surface area contributed by atoms with Crippen LogP contribution < -0.4 is 10.4 Å². The molecule has 0 saturated heterocycles. The van der Waals surface area contributed by atoms with Crippen LogP contribution in [0.15, 0.2) is 33.0 Å². The van der Waals surface area contributed by atoms with Crippen molar-refractivity contribution in [2.24, 2.45) is 7.05 Å². The molecule has 0 atom stereocenters. The summed E-state index contributed by atoms with van der Waals surface area (Å²) in [5.74, 6) is 0.650. The number of ether oxygens (including phenoxy) is 1. The van der Waals surface area contributed by atoms with Gasteiger partial charge in [-0.25, -0.2) is 9.89 Å². The Morgan fingerprint density at radius 2 is 2.33 bits per heavy atom. The van der Waals surface area contributed by atoms with E-state index in [4.69, 9.17) is 10.00 Å². The quantitative estimate of drug-likeness (QED) is 0.896. The van der Waals surface area contributed by atoms with Gasteiger partial charge in [0.1, 0.15) is 11.8 Å². The van der Waals surface area contributed by atoms with E-state index in [1.807, 2.05) is 0 Å². The maximum absolute atomic E-state index is 11.2. The second-order valence-corrected chi connectivity index (χ2v) is 4.46. The fraction of sp³-hybridized carbons (Fsp3) is 0.182. The molecule has 7 heteroatoms. The molecule has 0 unspecified atom stereocenters. The van der Waals surface area contributed by atoms with Crippen molar-refractivity contribution in [1.82, 2.24) is 14.8 Å². The predicted molar refractivity (Wildman–Crippen MR) is 65.7 cm³/mol. The Hall–Kier alpha value is -2.20. The number of hydrogen-bond donors (Lipinski definition) is 1. The first kappa shape index (κ1) is 12.3. The van der Waals surface area contributed by atoms with Gasteiger partial charge >= 0.3 is 5.69 Å². The normalized spacial score (nSPS) is 10.1. The molecule has 2 rings (SSSR count). The van der Waals surface area contributed by atoms with Gasteiger partial charge in [-0.3, -0.25) is 4.57 Å². The Bertz CT molecular complexity index is 668. The SMILES string of the molecule is COc1ccc(C#N)c(Sc2n[nH]c(=O)n2C)c1. The minimum atomic E-state index is -0.293. The van der Waals surface area contributed by atoms with Gasteiger partial charge in [-0.05, 0) is 30.0 Å². The van der Waals surface area contributed by atoms with Gasteiger partial charge in [-0.1, -0.05) is 0 Å². The van der Waals surface area contributed by atoms with E-state index >= 15 is 0 Å². The van der Waals surface area contributed by atoms with Crippen molar-refractivity contribution in [3.05, 3.63) is 34.2 Å². The van der Waals surface area contributed by atoms with E-state index < -0.39 is 0 Å². The van der Waals surface area contributed by atoms with E-state index in [-0.39, 0.29) is 5.69 Å². The van der Waals surface area contributed by atoms with Crippen LogP contribution in [-0.4, -0.2) is 21.9 Å². The van der Waals surface area contributed by atoms with Crippen molar-refractivity contribution in [1.29, 1.82) is 5.26 Å². The zero-order valence-corrected chi connectivity index (χ0v) is 10.6. The molecule has 0 radical (unpaired) electrons. The lowest BCUT2D eigenvalue weighted by Crippen LogP contribution is -2.12. The summed E-state index contributed by atoms with van der Waals surface area (Å²) in [5.41, 5.74) is 0.218. The van der Waals surface area contributed by atoms with Crippen LogP contribution in [0.5, 0.6) is 5.75 Å². The van der Waals surface area contributed by atoms with Crippen LogP contribution in [0.2, 0.25) is 0 Å². The molecule has 0 aliphatic carbocycles. The van der Waals surface area contributed by atoms with E-state index in [1.165, 1.54) is 16.3 Å². The zero-order chi connectivity index (χ0) is 13.1. The average molecular weight is 262 g/mol. The summed E-state index contributed by atoms with van der Waals surface area (Å²) >= 11 is 1.23. The molecule has 6 nitrogen and oxygen atoms in total. The van der Waals surface area contributed by atoms with Crippen LogP contribution in [0.4, 0.5) is 0 Å². The minimum Gasteiger partial charge on any atom is -0.497 e.